The Labute approximate surface area is 56.7 Å². The maximum absolute atomic E-state index is 10.8. The summed E-state index contributed by atoms with van der Waals surface area (Å²) in [5, 5.41) is 0. The quantitative estimate of drug-likeness (QED) is 0.504. The number of hydrogen-bond acceptors (Lipinski definition) is 2. The maximum atomic E-state index is 10.8. The number of carbonyl (C=O) groups excluding carboxylic acids is 1. The zero-order valence-corrected chi connectivity index (χ0v) is 6.13. The molecule has 0 atom stereocenters. The van der Waals surface area contributed by atoms with Gasteiger partial charge in [-0.15, -0.1) is 0 Å². The molecule has 0 aliphatic carbocycles. The molecule has 1 rings (SSSR count). The Balaban J connectivity index is 2.39. The zero-order valence-electron chi connectivity index (χ0n) is 5.13. The van der Waals surface area contributed by atoms with E-state index in [-0.39, 0.29) is 15.8 Å². The molecule has 0 bridgehead atoms. The molecule has 3 nitrogen and oxygen atoms in total. The summed E-state index contributed by atoms with van der Waals surface area (Å²) in [5.74, 6) is 0.0992. The third-order valence-corrected chi connectivity index (χ3v) is 2.16. The van der Waals surface area contributed by atoms with Crippen molar-refractivity contribution in [1.82, 2.24) is 4.57 Å². The zero-order chi connectivity index (χ0) is 6.69. The van der Waals surface area contributed by atoms with E-state index in [0.717, 1.165) is 19.4 Å². The van der Waals surface area contributed by atoms with Crippen molar-refractivity contribution in [2.75, 3.05) is 6.54 Å². The molecule has 0 saturated carbocycles. The first-order valence-corrected chi connectivity index (χ1v) is 3.94. The normalized spacial score (nSPS) is 20.6. The van der Waals surface area contributed by atoms with Crippen molar-refractivity contribution in [2.24, 2.45) is 0 Å². The minimum atomic E-state index is -0.329. The second-order valence-corrected chi connectivity index (χ2v) is 2.84. The summed E-state index contributed by atoms with van der Waals surface area (Å²) in [7, 11) is -0.329. The van der Waals surface area contributed by atoms with E-state index in [1.165, 1.54) is 4.57 Å². The van der Waals surface area contributed by atoms with Crippen LogP contribution in [0.1, 0.15) is 19.3 Å². The highest BCUT2D eigenvalue weighted by Crippen LogP contribution is 2.07. The summed E-state index contributed by atoms with van der Waals surface area (Å²) in [5.41, 5.74) is 0. The summed E-state index contributed by atoms with van der Waals surface area (Å²) in [6.07, 6.45) is 2.65. The van der Waals surface area contributed by atoms with Gasteiger partial charge in [-0.3, -0.25) is 4.79 Å². The van der Waals surface area contributed by atoms with E-state index >= 15 is 0 Å². The number of rotatable bonds is 1. The molecular formula is C5H9NO2Si. The van der Waals surface area contributed by atoms with Crippen LogP contribution < -0.4 is 0 Å². The van der Waals surface area contributed by atoms with Crippen LogP contribution >= 0.6 is 0 Å². The molecule has 1 aliphatic heterocycles. The van der Waals surface area contributed by atoms with Crippen LogP contribution in [0, 0.1) is 0 Å². The highest BCUT2D eigenvalue weighted by Gasteiger charge is 2.17. The van der Waals surface area contributed by atoms with E-state index in [0.29, 0.717) is 6.42 Å². The molecule has 4 heteroatoms. The minimum absolute atomic E-state index is 0.0992. The Bertz CT molecular complexity index is 118. The smallest absolute Gasteiger partial charge is 0.381 e. The Morgan fingerprint density at radius 1 is 1.56 bits per heavy atom. The molecule has 1 aliphatic rings. The van der Waals surface area contributed by atoms with Crippen molar-refractivity contribution in [3.05, 3.63) is 0 Å². The summed E-state index contributed by atoms with van der Waals surface area (Å²) >= 11 is 0. The second kappa shape index (κ2) is 2.98. The number of hydrogen-bond donors (Lipinski definition) is 1. The van der Waals surface area contributed by atoms with Gasteiger partial charge in [0.15, 0.2) is 0 Å². The molecule has 9 heavy (non-hydrogen) atoms. The Morgan fingerprint density at radius 3 is 2.78 bits per heavy atom. The predicted molar refractivity (Wildman–Crippen MR) is 33.5 cm³/mol. The fraction of sp³-hybridized carbons (Fsp3) is 0.800. The van der Waals surface area contributed by atoms with Crippen LogP contribution in [0.5, 0.6) is 0 Å². The van der Waals surface area contributed by atoms with Gasteiger partial charge in [-0.05, 0) is 12.8 Å². The lowest BCUT2D eigenvalue weighted by Crippen LogP contribution is -2.38. The van der Waals surface area contributed by atoms with Crippen LogP contribution in [0.2, 0.25) is 0 Å². The van der Waals surface area contributed by atoms with E-state index < -0.39 is 0 Å². The van der Waals surface area contributed by atoms with Crippen LogP contribution in [0.4, 0.5) is 0 Å². The number of carbonyl (C=O) groups is 1. The molecule has 0 spiro atoms. The highest BCUT2D eigenvalue weighted by atomic mass is 28.2. The molecule has 1 amide bonds. The van der Waals surface area contributed by atoms with Crippen molar-refractivity contribution < 1.29 is 9.59 Å². The van der Waals surface area contributed by atoms with Gasteiger partial charge in [0.05, 0.1) is 0 Å². The second-order valence-electron chi connectivity index (χ2n) is 2.10. The van der Waals surface area contributed by atoms with Crippen LogP contribution in [0.3, 0.4) is 0 Å². The Kier molecular flexibility index (Phi) is 2.24. The molecule has 2 radical (unpaired) electrons. The van der Waals surface area contributed by atoms with E-state index in [9.17, 15) is 4.79 Å². The topological polar surface area (TPSA) is 40.5 Å². The van der Waals surface area contributed by atoms with E-state index in [4.69, 9.17) is 4.80 Å². The third-order valence-electron chi connectivity index (χ3n) is 1.44. The van der Waals surface area contributed by atoms with E-state index in [1.807, 2.05) is 0 Å². The van der Waals surface area contributed by atoms with Gasteiger partial charge in [-0.2, -0.15) is 0 Å². The first-order chi connectivity index (χ1) is 4.34. The van der Waals surface area contributed by atoms with E-state index in [2.05, 4.69) is 0 Å². The van der Waals surface area contributed by atoms with Gasteiger partial charge in [0.2, 0.25) is 5.91 Å². The highest BCUT2D eigenvalue weighted by molar-refractivity contribution is 6.27. The van der Waals surface area contributed by atoms with Crippen LogP contribution in [0.15, 0.2) is 0 Å². The number of nitrogens with zero attached hydrogens (tertiary/aromatic N) is 1. The van der Waals surface area contributed by atoms with Crippen molar-refractivity contribution in [1.29, 1.82) is 0 Å². The van der Waals surface area contributed by atoms with Crippen molar-refractivity contribution >= 4 is 15.8 Å². The van der Waals surface area contributed by atoms with Crippen LogP contribution in [0.25, 0.3) is 0 Å². The first kappa shape index (κ1) is 6.76. The van der Waals surface area contributed by atoms with Gasteiger partial charge >= 0.3 is 9.92 Å². The van der Waals surface area contributed by atoms with Crippen LogP contribution in [-0.4, -0.2) is 31.7 Å². The first-order valence-electron chi connectivity index (χ1n) is 3.04. The van der Waals surface area contributed by atoms with Crippen LogP contribution in [-0.2, 0) is 4.79 Å². The lowest BCUT2D eigenvalue weighted by molar-refractivity contribution is -0.128. The van der Waals surface area contributed by atoms with Crippen molar-refractivity contribution in [2.45, 2.75) is 19.3 Å². The predicted octanol–water partition coefficient (Wildman–Crippen LogP) is -0.475. The summed E-state index contributed by atoms with van der Waals surface area (Å²) in [4.78, 5) is 19.4. The lowest BCUT2D eigenvalue weighted by atomic mass is 10.2. The molecule has 1 N–H and O–H groups in total. The molecular weight excluding hydrogens is 134 g/mol. The third kappa shape index (κ3) is 1.52. The average Bonchev–Trinajstić information content (AvgIpc) is 1.89. The summed E-state index contributed by atoms with van der Waals surface area (Å²) in [6.45, 7) is 0.744. The molecule has 0 aromatic carbocycles. The largest absolute Gasteiger partial charge is 0.414 e. The number of amides is 1. The summed E-state index contributed by atoms with van der Waals surface area (Å²) in [6, 6.07) is 0. The lowest BCUT2D eigenvalue weighted by Gasteiger charge is -2.22. The maximum Gasteiger partial charge on any atom is 0.381 e. The number of piperidine rings is 1. The Morgan fingerprint density at radius 2 is 2.33 bits per heavy atom. The molecule has 50 valence electrons. The minimum Gasteiger partial charge on any atom is -0.414 e. The van der Waals surface area contributed by atoms with Gasteiger partial charge in [-0.25, -0.2) is 0 Å². The fourth-order valence-electron chi connectivity index (χ4n) is 0.912. The van der Waals surface area contributed by atoms with Gasteiger partial charge < -0.3 is 9.36 Å². The average molecular weight is 143 g/mol. The van der Waals surface area contributed by atoms with Gasteiger partial charge in [-0.1, -0.05) is 0 Å². The van der Waals surface area contributed by atoms with Crippen molar-refractivity contribution in [3.63, 3.8) is 0 Å². The standard InChI is InChI=1S/C5H9NO2Si/c7-5-3-1-2-4-6(5)9-8/h8H,1-4H2. The molecule has 1 fully saturated rings. The molecule has 0 unspecified atom stereocenters. The fourth-order valence-corrected chi connectivity index (χ4v) is 1.39. The van der Waals surface area contributed by atoms with E-state index in [1.54, 1.807) is 0 Å². The van der Waals surface area contributed by atoms with Crippen molar-refractivity contribution in [3.8, 4) is 0 Å². The molecule has 0 aromatic heterocycles. The SMILES string of the molecule is O=C1CCCCN1[Si]O. The molecule has 1 saturated heterocycles. The van der Waals surface area contributed by atoms with Gasteiger partial charge in [0.1, 0.15) is 0 Å². The van der Waals surface area contributed by atoms with Gasteiger partial charge in [0.25, 0.3) is 0 Å². The molecule has 1 heterocycles. The summed E-state index contributed by atoms with van der Waals surface area (Å²) < 4.78 is 1.50. The Hall–Kier alpha value is -0.353. The molecule has 0 aromatic rings. The van der Waals surface area contributed by atoms with Gasteiger partial charge in [0, 0.05) is 13.0 Å². The monoisotopic (exact) mass is 143 g/mol.